The number of nitrogens with zero attached hydrogens (tertiary/aromatic N) is 5. The predicted molar refractivity (Wildman–Crippen MR) is 114 cm³/mol. The monoisotopic (exact) mass is 402 g/mol. The SMILES string of the molecule is CC1(C)Nc2nc(Nc3ncnc(Nc4ccc(C#N)cc4)n3)ccc2OC1(C)C. The first-order valence-corrected chi connectivity index (χ1v) is 9.47. The molecule has 9 nitrogen and oxygen atoms in total. The average molecular weight is 402 g/mol. The lowest BCUT2D eigenvalue weighted by atomic mass is 9.84. The van der Waals surface area contributed by atoms with E-state index in [-0.39, 0.29) is 11.1 Å². The number of fused-ring (bicyclic) bond motifs is 1. The normalized spacial score (nSPS) is 15.7. The molecule has 0 atom stereocenters. The highest BCUT2D eigenvalue weighted by atomic mass is 16.5. The molecule has 1 aliphatic rings. The second-order valence-corrected chi connectivity index (χ2v) is 7.98. The van der Waals surface area contributed by atoms with Crippen molar-refractivity contribution in [2.75, 3.05) is 16.0 Å². The van der Waals surface area contributed by atoms with Crippen LogP contribution in [-0.2, 0) is 0 Å². The number of nitrogens with one attached hydrogen (secondary N) is 3. The first kappa shape index (κ1) is 19.4. The molecule has 3 heterocycles. The van der Waals surface area contributed by atoms with Gasteiger partial charge in [0, 0.05) is 5.69 Å². The van der Waals surface area contributed by atoms with Crippen LogP contribution in [0.5, 0.6) is 5.75 Å². The van der Waals surface area contributed by atoms with Gasteiger partial charge in [0.25, 0.3) is 0 Å². The Morgan fingerprint density at radius 2 is 1.63 bits per heavy atom. The highest BCUT2D eigenvalue weighted by Gasteiger charge is 2.43. The molecule has 0 aliphatic carbocycles. The Labute approximate surface area is 174 Å². The van der Waals surface area contributed by atoms with Crippen LogP contribution in [0.4, 0.5) is 29.2 Å². The Morgan fingerprint density at radius 3 is 2.33 bits per heavy atom. The number of nitriles is 1. The smallest absolute Gasteiger partial charge is 0.233 e. The lowest BCUT2D eigenvalue weighted by Gasteiger charge is -2.46. The molecule has 1 aromatic carbocycles. The van der Waals surface area contributed by atoms with E-state index in [1.54, 1.807) is 24.3 Å². The molecular weight excluding hydrogens is 380 g/mol. The third-order valence-corrected chi connectivity index (χ3v) is 5.24. The molecule has 0 amide bonds. The molecule has 0 spiro atoms. The molecule has 0 saturated carbocycles. The van der Waals surface area contributed by atoms with Gasteiger partial charge in [0.2, 0.25) is 11.9 Å². The summed E-state index contributed by atoms with van der Waals surface area (Å²) in [5.41, 5.74) is 0.679. The van der Waals surface area contributed by atoms with Crippen LogP contribution in [-0.4, -0.2) is 31.1 Å². The highest BCUT2D eigenvalue weighted by Crippen LogP contribution is 2.40. The number of rotatable bonds is 4. The Balaban J connectivity index is 1.51. The van der Waals surface area contributed by atoms with E-state index in [1.165, 1.54) is 6.33 Å². The van der Waals surface area contributed by atoms with Crippen LogP contribution in [0.15, 0.2) is 42.7 Å². The molecule has 3 N–H and O–H groups in total. The molecule has 4 rings (SSSR count). The quantitative estimate of drug-likeness (QED) is 0.595. The second-order valence-electron chi connectivity index (χ2n) is 7.98. The summed E-state index contributed by atoms with van der Waals surface area (Å²) in [7, 11) is 0. The third kappa shape index (κ3) is 3.80. The van der Waals surface area contributed by atoms with E-state index >= 15 is 0 Å². The Morgan fingerprint density at radius 1 is 0.933 bits per heavy atom. The molecule has 3 aromatic rings. The summed E-state index contributed by atoms with van der Waals surface area (Å²) in [5, 5.41) is 18.5. The van der Waals surface area contributed by atoms with Gasteiger partial charge in [0.15, 0.2) is 11.6 Å². The largest absolute Gasteiger partial charge is 0.482 e. The number of benzene rings is 1. The predicted octanol–water partition coefficient (Wildman–Crippen LogP) is 3.99. The van der Waals surface area contributed by atoms with E-state index in [1.807, 2.05) is 26.0 Å². The van der Waals surface area contributed by atoms with Crippen molar-refractivity contribution < 1.29 is 4.74 Å². The van der Waals surface area contributed by atoms with Crippen LogP contribution in [0.2, 0.25) is 0 Å². The number of pyridine rings is 1. The maximum atomic E-state index is 8.89. The number of aromatic nitrogens is 4. The van der Waals surface area contributed by atoms with Crippen molar-refractivity contribution in [1.82, 2.24) is 19.9 Å². The second kappa shape index (κ2) is 7.15. The zero-order valence-electron chi connectivity index (χ0n) is 17.2. The number of ether oxygens (including phenoxy) is 1. The van der Waals surface area contributed by atoms with Crippen molar-refractivity contribution in [3.05, 3.63) is 48.3 Å². The van der Waals surface area contributed by atoms with Crippen LogP contribution in [0.25, 0.3) is 0 Å². The lowest BCUT2D eigenvalue weighted by molar-refractivity contribution is 0.0400. The summed E-state index contributed by atoms with van der Waals surface area (Å²) in [6, 6.07) is 12.8. The van der Waals surface area contributed by atoms with Crippen molar-refractivity contribution >= 4 is 29.2 Å². The summed E-state index contributed by atoms with van der Waals surface area (Å²) in [5.74, 6) is 2.67. The maximum absolute atomic E-state index is 8.89. The minimum absolute atomic E-state index is 0.295. The molecule has 0 saturated heterocycles. The molecular formula is C21H22N8O. The molecule has 0 bridgehead atoms. The zero-order valence-corrected chi connectivity index (χ0v) is 17.2. The van der Waals surface area contributed by atoms with E-state index in [2.05, 4.69) is 55.8 Å². The van der Waals surface area contributed by atoms with Crippen molar-refractivity contribution in [3.8, 4) is 11.8 Å². The summed E-state index contributed by atoms with van der Waals surface area (Å²) in [6.07, 6.45) is 1.41. The van der Waals surface area contributed by atoms with Gasteiger partial charge >= 0.3 is 0 Å². The summed E-state index contributed by atoms with van der Waals surface area (Å²) in [6.45, 7) is 8.24. The topological polar surface area (TPSA) is 121 Å². The van der Waals surface area contributed by atoms with E-state index in [0.29, 0.717) is 34.8 Å². The molecule has 9 heteroatoms. The molecule has 1 aliphatic heterocycles. The van der Waals surface area contributed by atoms with E-state index < -0.39 is 0 Å². The molecule has 30 heavy (non-hydrogen) atoms. The average Bonchev–Trinajstić information content (AvgIpc) is 2.70. The van der Waals surface area contributed by atoms with Crippen molar-refractivity contribution in [2.45, 2.75) is 38.8 Å². The van der Waals surface area contributed by atoms with Crippen LogP contribution in [0, 0.1) is 11.3 Å². The standard InChI is InChI=1S/C21H22N8O/c1-20(2)21(3,4)30-15-9-10-16(26-17(15)29-20)27-19-24-12-23-18(28-19)25-14-7-5-13(11-22)6-8-14/h5-10,12H,1-4H3,(H3,23,24,25,26,27,28,29). The van der Waals surface area contributed by atoms with Crippen molar-refractivity contribution in [2.24, 2.45) is 0 Å². The van der Waals surface area contributed by atoms with Crippen molar-refractivity contribution in [1.29, 1.82) is 5.26 Å². The van der Waals surface area contributed by atoms with Crippen LogP contribution in [0.3, 0.4) is 0 Å². The Kier molecular flexibility index (Phi) is 4.62. The summed E-state index contributed by atoms with van der Waals surface area (Å²) < 4.78 is 6.12. The first-order chi connectivity index (χ1) is 14.3. The fourth-order valence-corrected chi connectivity index (χ4v) is 2.83. The molecule has 0 radical (unpaired) electrons. The number of hydrogen-bond acceptors (Lipinski definition) is 9. The van der Waals surface area contributed by atoms with Gasteiger partial charge in [0.05, 0.1) is 17.2 Å². The first-order valence-electron chi connectivity index (χ1n) is 9.47. The van der Waals surface area contributed by atoms with Crippen LogP contribution >= 0.6 is 0 Å². The van der Waals surface area contributed by atoms with Gasteiger partial charge in [-0.3, -0.25) is 0 Å². The van der Waals surface area contributed by atoms with Gasteiger partial charge < -0.3 is 20.7 Å². The van der Waals surface area contributed by atoms with Gasteiger partial charge in [-0.2, -0.15) is 10.2 Å². The molecule has 0 unspecified atom stereocenters. The third-order valence-electron chi connectivity index (χ3n) is 5.24. The van der Waals surface area contributed by atoms with Gasteiger partial charge in [-0.1, -0.05) is 0 Å². The van der Waals surface area contributed by atoms with E-state index in [4.69, 9.17) is 10.00 Å². The zero-order chi connectivity index (χ0) is 21.4. The fourth-order valence-electron chi connectivity index (χ4n) is 2.83. The number of hydrogen-bond donors (Lipinski definition) is 3. The summed E-state index contributed by atoms with van der Waals surface area (Å²) >= 11 is 0. The lowest BCUT2D eigenvalue weighted by Crippen LogP contribution is -2.57. The fraction of sp³-hybridized carbons (Fsp3) is 0.286. The molecule has 2 aromatic heterocycles. The minimum Gasteiger partial charge on any atom is -0.482 e. The van der Waals surface area contributed by atoms with Gasteiger partial charge in [0.1, 0.15) is 17.7 Å². The van der Waals surface area contributed by atoms with Gasteiger partial charge in [-0.25, -0.2) is 15.0 Å². The van der Waals surface area contributed by atoms with Crippen LogP contribution in [0.1, 0.15) is 33.3 Å². The number of anilines is 5. The van der Waals surface area contributed by atoms with Gasteiger partial charge in [-0.15, -0.1) is 0 Å². The van der Waals surface area contributed by atoms with Crippen LogP contribution < -0.4 is 20.7 Å². The minimum atomic E-state index is -0.378. The van der Waals surface area contributed by atoms with E-state index in [0.717, 1.165) is 5.69 Å². The maximum Gasteiger partial charge on any atom is 0.233 e. The summed E-state index contributed by atoms with van der Waals surface area (Å²) in [4.78, 5) is 17.3. The molecule has 152 valence electrons. The van der Waals surface area contributed by atoms with Gasteiger partial charge in [-0.05, 0) is 64.1 Å². The molecule has 0 fully saturated rings. The van der Waals surface area contributed by atoms with E-state index in [9.17, 15) is 0 Å². The van der Waals surface area contributed by atoms with Crippen molar-refractivity contribution in [3.63, 3.8) is 0 Å². The Hall–Kier alpha value is -3.93. The Bertz CT molecular complexity index is 1120. The highest BCUT2D eigenvalue weighted by molar-refractivity contribution is 5.62.